The number of nitro groups is 1. The molecular formula is C14H18N2O5. The molecular weight excluding hydrogens is 276 g/mol. The fraction of sp³-hybridized carbons (Fsp3) is 0.500. The van der Waals surface area contributed by atoms with Gasteiger partial charge in [-0.25, -0.2) is 0 Å². The number of carboxylic acid groups (broad SMARTS) is 1. The molecule has 1 aromatic carbocycles. The molecule has 1 saturated heterocycles. The van der Waals surface area contributed by atoms with Crippen molar-refractivity contribution in [2.75, 3.05) is 20.3 Å². The molecule has 0 bridgehead atoms. The van der Waals surface area contributed by atoms with Gasteiger partial charge in [-0.2, -0.15) is 0 Å². The summed E-state index contributed by atoms with van der Waals surface area (Å²) in [5, 5.41) is 19.9. The van der Waals surface area contributed by atoms with Gasteiger partial charge in [-0.3, -0.25) is 19.8 Å². The van der Waals surface area contributed by atoms with Crippen LogP contribution >= 0.6 is 0 Å². The number of nitro benzene ring substituents is 1. The average molecular weight is 294 g/mol. The molecule has 0 aliphatic carbocycles. The lowest BCUT2D eigenvalue weighted by Gasteiger charge is -2.32. The van der Waals surface area contributed by atoms with Gasteiger partial charge in [0, 0.05) is 24.2 Å². The number of carboxylic acids is 1. The zero-order valence-corrected chi connectivity index (χ0v) is 11.9. The van der Waals surface area contributed by atoms with Crippen molar-refractivity contribution in [1.82, 2.24) is 4.90 Å². The fourth-order valence-electron chi connectivity index (χ4n) is 2.58. The van der Waals surface area contributed by atoms with Crippen LogP contribution in [0.1, 0.15) is 18.5 Å². The maximum atomic E-state index is 11.2. The maximum Gasteiger partial charge on any atom is 0.310 e. The minimum absolute atomic E-state index is 0.0428. The fourth-order valence-corrected chi connectivity index (χ4v) is 2.58. The molecule has 0 spiro atoms. The highest BCUT2D eigenvalue weighted by molar-refractivity contribution is 5.71. The van der Waals surface area contributed by atoms with E-state index in [2.05, 4.69) is 0 Å². The first-order valence-electron chi connectivity index (χ1n) is 6.68. The van der Waals surface area contributed by atoms with Gasteiger partial charge in [0.25, 0.3) is 5.69 Å². The van der Waals surface area contributed by atoms with E-state index in [0.29, 0.717) is 6.61 Å². The smallest absolute Gasteiger partial charge is 0.310 e. The predicted octanol–water partition coefficient (Wildman–Crippen LogP) is 1.69. The van der Waals surface area contributed by atoms with Crippen molar-refractivity contribution in [3.8, 4) is 0 Å². The Morgan fingerprint density at radius 1 is 1.43 bits per heavy atom. The first kappa shape index (κ1) is 15.4. The Labute approximate surface area is 122 Å². The molecule has 1 aliphatic rings. The van der Waals surface area contributed by atoms with Crippen molar-refractivity contribution in [1.29, 1.82) is 0 Å². The predicted molar refractivity (Wildman–Crippen MR) is 75.0 cm³/mol. The molecule has 2 rings (SSSR count). The van der Waals surface area contributed by atoms with Gasteiger partial charge in [-0.1, -0.05) is 12.1 Å². The molecule has 114 valence electrons. The van der Waals surface area contributed by atoms with Gasteiger partial charge in [-0.15, -0.1) is 0 Å². The highest BCUT2D eigenvalue weighted by atomic mass is 16.6. The Kier molecular flexibility index (Phi) is 4.54. The Morgan fingerprint density at radius 2 is 2.05 bits per heavy atom. The van der Waals surface area contributed by atoms with Crippen molar-refractivity contribution in [2.45, 2.75) is 19.0 Å². The molecule has 1 heterocycles. The van der Waals surface area contributed by atoms with Crippen LogP contribution in [0.5, 0.6) is 0 Å². The standard InChI is InChI=1S/C14H18N2O5/c1-9(10-3-5-11(6-4-10)16(19)20)15(2)13-8-21-7-12(13)14(17)18/h3-6,9,12-13H,7-8H2,1-2H3,(H,17,18). The third-order valence-electron chi connectivity index (χ3n) is 4.09. The minimum Gasteiger partial charge on any atom is -0.481 e. The lowest BCUT2D eigenvalue weighted by molar-refractivity contribution is -0.384. The number of hydrogen-bond donors (Lipinski definition) is 1. The van der Waals surface area contributed by atoms with E-state index in [0.717, 1.165) is 5.56 Å². The number of hydrogen-bond acceptors (Lipinski definition) is 5. The van der Waals surface area contributed by atoms with Crippen LogP contribution in [-0.2, 0) is 9.53 Å². The number of nitrogens with zero attached hydrogens (tertiary/aromatic N) is 2. The quantitative estimate of drug-likeness (QED) is 0.656. The number of ether oxygens (including phenoxy) is 1. The largest absolute Gasteiger partial charge is 0.481 e. The Morgan fingerprint density at radius 3 is 2.57 bits per heavy atom. The van der Waals surface area contributed by atoms with Gasteiger partial charge in [0.1, 0.15) is 0 Å². The van der Waals surface area contributed by atoms with Crippen LogP contribution < -0.4 is 0 Å². The molecule has 1 N–H and O–H groups in total. The van der Waals surface area contributed by atoms with E-state index in [1.54, 1.807) is 12.1 Å². The summed E-state index contributed by atoms with van der Waals surface area (Å²) < 4.78 is 5.28. The molecule has 0 aromatic heterocycles. The summed E-state index contributed by atoms with van der Waals surface area (Å²) in [6, 6.07) is 6.06. The van der Waals surface area contributed by atoms with Crippen LogP contribution in [0.3, 0.4) is 0 Å². The molecule has 1 aliphatic heterocycles. The first-order chi connectivity index (χ1) is 9.91. The second-order valence-corrected chi connectivity index (χ2v) is 5.24. The van der Waals surface area contributed by atoms with E-state index >= 15 is 0 Å². The van der Waals surface area contributed by atoms with Crippen LogP contribution in [0.25, 0.3) is 0 Å². The Balaban J connectivity index is 2.13. The van der Waals surface area contributed by atoms with Crippen LogP contribution in [0, 0.1) is 16.0 Å². The lowest BCUT2D eigenvalue weighted by atomic mass is 9.99. The summed E-state index contributed by atoms with van der Waals surface area (Å²) in [5.41, 5.74) is 0.945. The molecule has 0 amide bonds. The highest BCUT2D eigenvalue weighted by Crippen LogP contribution is 2.28. The van der Waals surface area contributed by atoms with Gasteiger partial charge < -0.3 is 9.84 Å². The number of aliphatic carboxylic acids is 1. The molecule has 0 radical (unpaired) electrons. The number of carbonyl (C=O) groups is 1. The van der Waals surface area contributed by atoms with Crippen LogP contribution in [0.4, 0.5) is 5.69 Å². The van der Waals surface area contributed by atoms with E-state index in [1.807, 2.05) is 18.9 Å². The second kappa shape index (κ2) is 6.19. The monoisotopic (exact) mass is 294 g/mol. The van der Waals surface area contributed by atoms with Crippen molar-refractivity contribution in [3.05, 3.63) is 39.9 Å². The van der Waals surface area contributed by atoms with Crippen molar-refractivity contribution in [2.24, 2.45) is 5.92 Å². The van der Waals surface area contributed by atoms with E-state index in [4.69, 9.17) is 4.74 Å². The van der Waals surface area contributed by atoms with Gasteiger partial charge in [-0.05, 0) is 19.5 Å². The molecule has 3 atom stereocenters. The summed E-state index contributed by atoms with van der Waals surface area (Å²) in [7, 11) is 1.85. The molecule has 7 heteroatoms. The number of benzene rings is 1. The highest BCUT2D eigenvalue weighted by Gasteiger charge is 2.38. The molecule has 3 unspecified atom stereocenters. The lowest BCUT2D eigenvalue weighted by Crippen LogP contribution is -2.42. The van der Waals surface area contributed by atoms with Crippen LogP contribution in [-0.4, -0.2) is 47.2 Å². The Bertz CT molecular complexity index is 531. The normalized spacial score (nSPS) is 23.2. The summed E-state index contributed by atoms with van der Waals surface area (Å²) in [5.74, 6) is -1.41. The Hall–Kier alpha value is -1.99. The van der Waals surface area contributed by atoms with E-state index < -0.39 is 16.8 Å². The topological polar surface area (TPSA) is 92.9 Å². The molecule has 1 aromatic rings. The molecule has 21 heavy (non-hydrogen) atoms. The SMILES string of the molecule is CC(c1ccc([N+](=O)[O-])cc1)N(C)C1COCC1C(=O)O. The van der Waals surface area contributed by atoms with Gasteiger partial charge in [0.2, 0.25) is 0 Å². The third-order valence-corrected chi connectivity index (χ3v) is 4.09. The average Bonchev–Trinajstić information content (AvgIpc) is 2.95. The van der Waals surface area contributed by atoms with Crippen molar-refractivity contribution in [3.63, 3.8) is 0 Å². The van der Waals surface area contributed by atoms with Gasteiger partial charge in [0.15, 0.2) is 0 Å². The maximum absolute atomic E-state index is 11.2. The zero-order valence-electron chi connectivity index (χ0n) is 11.9. The van der Waals surface area contributed by atoms with E-state index in [1.165, 1.54) is 12.1 Å². The summed E-state index contributed by atoms with van der Waals surface area (Å²) in [6.45, 7) is 2.54. The summed E-state index contributed by atoms with van der Waals surface area (Å²) in [4.78, 5) is 23.4. The zero-order chi connectivity index (χ0) is 15.6. The summed E-state index contributed by atoms with van der Waals surface area (Å²) >= 11 is 0. The van der Waals surface area contributed by atoms with E-state index in [-0.39, 0.29) is 24.4 Å². The minimum atomic E-state index is -0.861. The first-order valence-corrected chi connectivity index (χ1v) is 6.68. The van der Waals surface area contributed by atoms with Crippen molar-refractivity contribution < 1.29 is 19.6 Å². The van der Waals surface area contributed by atoms with Crippen LogP contribution in [0.2, 0.25) is 0 Å². The van der Waals surface area contributed by atoms with Gasteiger partial charge in [0.05, 0.1) is 24.1 Å². The van der Waals surface area contributed by atoms with E-state index in [9.17, 15) is 20.0 Å². The van der Waals surface area contributed by atoms with Crippen molar-refractivity contribution >= 4 is 11.7 Å². The molecule has 0 saturated carbocycles. The number of rotatable bonds is 5. The number of likely N-dealkylation sites (N-methyl/N-ethyl adjacent to an activating group) is 1. The third kappa shape index (κ3) is 3.20. The second-order valence-electron chi connectivity index (χ2n) is 5.24. The molecule has 1 fully saturated rings. The molecule has 7 nitrogen and oxygen atoms in total. The van der Waals surface area contributed by atoms with Gasteiger partial charge >= 0.3 is 5.97 Å². The van der Waals surface area contributed by atoms with Crippen LogP contribution in [0.15, 0.2) is 24.3 Å². The number of non-ortho nitro benzene ring substituents is 1. The summed E-state index contributed by atoms with van der Waals surface area (Å²) in [6.07, 6.45) is 0.